The van der Waals surface area contributed by atoms with Gasteiger partial charge in [0.1, 0.15) is 0 Å². The van der Waals surface area contributed by atoms with Crippen LogP contribution < -0.4 is 0 Å². The Bertz CT molecular complexity index is 748. The van der Waals surface area contributed by atoms with E-state index in [4.69, 9.17) is 88.6 Å². The summed E-state index contributed by atoms with van der Waals surface area (Å²) < 4.78 is 0. The second kappa shape index (κ2) is 17.2. The molecule has 1 aromatic rings. The van der Waals surface area contributed by atoms with Gasteiger partial charge in [-0.25, -0.2) is 0 Å². The minimum absolute atomic E-state index is 0.192. The molecule has 0 saturated heterocycles. The molecule has 0 aliphatic heterocycles. The molecule has 0 saturated carbocycles. The molecule has 0 aromatic heterocycles. The van der Waals surface area contributed by atoms with Crippen LogP contribution in [0.15, 0.2) is 6.07 Å². The fourth-order valence-electron chi connectivity index (χ4n) is 4.04. The van der Waals surface area contributed by atoms with E-state index >= 15 is 0 Å². The fourth-order valence-corrected chi connectivity index (χ4v) is 7.34. The Kier molecular flexibility index (Phi) is 17.4. The first-order valence-corrected chi connectivity index (χ1v) is 26.1. The lowest BCUT2D eigenvalue weighted by Crippen LogP contribution is -2.20. The Labute approximate surface area is 251 Å². The number of halogens is 8. The third-order valence-electron chi connectivity index (χ3n) is 6.20. The third kappa shape index (κ3) is 11.3. The molecule has 12 heteroatoms. The molecule has 0 N–H and O–H groups in total. The largest absolute Gasteiger partial charge is 0.277 e. The normalized spacial score (nSPS) is 16.0. The predicted octanol–water partition coefficient (Wildman–Crippen LogP) is 10.6. The van der Waals surface area contributed by atoms with Crippen molar-refractivity contribution in [2.45, 2.75) is 102 Å². The Morgan fingerprint density at radius 2 is 0.912 bits per heavy atom. The molecular weight excluding hydrogens is 660 g/mol. The standard InChI is InChI=1S/C22H34Cl8Si4/c1-6-7-8-18-13-19(9-14(2)31(23)24)21(11-16(4)33(27)28)22(12-17(5)34(29)30)20(18)10-15(3)32(25)26/h13-17H,6-12H2,1-5H3. The topological polar surface area (TPSA) is 0 Å². The maximum absolute atomic E-state index is 6.45. The maximum Gasteiger partial charge on any atom is 0.277 e. The highest BCUT2D eigenvalue weighted by Crippen LogP contribution is 2.38. The van der Waals surface area contributed by atoms with Crippen molar-refractivity contribution in [2.75, 3.05) is 0 Å². The third-order valence-corrected chi connectivity index (χ3v) is 18.9. The van der Waals surface area contributed by atoms with Crippen LogP contribution in [0.2, 0.25) is 22.2 Å². The molecule has 34 heavy (non-hydrogen) atoms. The summed E-state index contributed by atoms with van der Waals surface area (Å²) in [6.45, 7) is 10.8. The van der Waals surface area contributed by atoms with Gasteiger partial charge in [0.2, 0.25) is 0 Å². The first kappa shape index (κ1) is 34.4. The number of rotatable bonds is 15. The minimum atomic E-state index is -1.49. The highest BCUT2D eigenvalue weighted by Gasteiger charge is 2.29. The molecule has 0 aliphatic rings. The summed E-state index contributed by atoms with van der Waals surface area (Å²) in [5.74, 6) is 0. The Morgan fingerprint density at radius 1 is 0.559 bits per heavy atom. The quantitative estimate of drug-likeness (QED) is 0.127. The maximum atomic E-state index is 6.45. The zero-order valence-electron chi connectivity index (χ0n) is 20.4. The van der Waals surface area contributed by atoms with E-state index in [1.54, 1.807) is 0 Å². The molecule has 1 rings (SSSR count). The summed E-state index contributed by atoms with van der Waals surface area (Å²) in [6.07, 6.45) is 6.60. The van der Waals surface area contributed by atoms with Gasteiger partial charge < -0.3 is 0 Å². The number of hydrogen-bond acceptors (Lipinski definition) is 0. The smallest absolute Gasteiger partial charge is 0.146 e. The Morgan fingerprint density at radius 3 is 1.29 bits per heavy atom. The van der Waals surface area contributed by atoms with Gasteiger partial charge in [-0.1, -0.05) is 47.1 Å². The summed E-state index contributed by atoms with van der Waals surface area (Å²) in [4.78, 5) is 0. The summed E-state index contributed by atoms with van der Waals surface area (Å²) in [5, 5.41) is 0. The van der Waals surface area contributed by atoms with Crippen molar-refractivity contribution in [3.05, 3.63) is 33.9 Å². The molecule has 1 aromatic carbocycles. The van der Waals surface area contributed by atoms with Crippen LogP contribution in [0.3, 0.4) is 0 Å². The van der Waals surface area contributed by atoms with E-state index in [2.05, 4.69) is 40.7 Å². The average molecular weight is 694 g/mol. The molecule has 4 unspecified atom stereocenters. The van der Waals surface area contributed by atoms with Gasteiger partial charge in [-0.3, -0.25) is 0 Å². The van der Waals surface area contributed by atoms with Crippen LogP contribution in [-0.4, -0.2) is 29.7 Å². The molecule has 4 atom stereocenters. The molecule has 194 valence electrons. The van der Waals surface area contributed by atoms with E-state index in [1.165, 1.54) is 27.8 Å². The van der Waals surface area contributed by atoms with Gasteiger partial charge in [-0.15, -0.1) is 88.6 Å². The van der Waals surface area contributed by atoms with Crippen LogP contribution in [0, 0.1) is 0 Å². The first-order valence-electron chi connectivity index (χ1n) is 11.7. The summed E-state index contributed by atoms with van der Waals surface area (Å²) in [6, 6.07) is 2.39. The van der Waals surface area contributed by atoms with Crippen LogP contribution >= 0.6 is 88.6 Å². The van der Waals surface area contributed by atoms with E-state index in [9.17, 15) is 0 Å². The van der Waals surface area contributed by atoms with Crippen molar-refractivity contribution in [1.82, 2.24) is 0 Å². The highest BCUT2D eigenvalue weighted by atomic mass is 35.7. The van der Waals surface area contributed by atoms with Crippen molar-refractivity contribution in [2.24, 2.45) is 0 Å². The molecule has 4 radical (unpaired) electrons. The van der Waals surface area contributed by atoms with Crippen LogP contribution in [0.5, 0.6) is 0 Å². The lowest BCUT2D eigenvalue weighted by molar-refractivity contribution is 0.751. The molecule has 0 nitrogen and oxygen atoms in total. The summed E-state index contributed by atoms with van der Waals surface area (Å²) in [7, 11) is -5.90. The second-order valence-corrected chi connectivity index (χ2v) is 27.7. The number of aryl methyl sites for hydroxylation is 1. The Balaban J connectivity index is 3.86. The number of hydrogen-bond donors (Lipinski definition) is 0. The van der Waals surface area contributed by atoms with E-state index < -0.39 is 29.7 Å². The zero-order valence-corrected chi connectivity index (χ0v) is 30.4. The predicted molar refractivity (Wildman–Crippen MR) is 167 cm³/mol. The molecule has 0 spiro atoms. The lowest BCUT2D eigenvalue weighted by Gasteiger charge is -2.28. The van der Waals surface area contributed by atoms with E-state index in [-0.39, 0.29) is 22.2 Å². The second-order valence-electron chi connectivity index (χ2n) is 9.31. The SMILES string of the molecule is CCCCc1cc(CC(C)[Si](Cl)Cl)c(CC(C)[Si](Cl)Cl)c(CC(C)[Si](Cl)Cl)c1CC(C)[Si](Cl)Cl. The van der Waals surface area contributed by atoms with Gasteiger partial charge in [-0.05, 0) is 88.5 Å². The zero-order chi connectivity index (χ0) is 26.2. The number of unbranched alkanes of at least 4 members (excludes halogenated alkanes) is 1. The first-order chi connectivity index (χ1) is 15.8. The van der Waals surface area contributed by atoms with Gasteiger partial charge >= 0.3 is 0 Å². The van der Waals surface area contributed by atoms with Crippen LogP contribution in [0.25, 0.3) is 0 Å². The molecule has 0 fully saturated rings. The van der Waals surface area contributed by atoms with Gasteiger partial charge in [0, 0.05) is 0 Å². The average Bonchev–Trinajstić information content (AvgIpc) is 2.75. The fraction of sp³-hybridized carbons (Fsp3) is 0.727. The summed E-state index contributed by atoms with van der Waals surface area (Å²) in [5.41, 5.74) is 7.54. The molecule has 0 aliphatic carbocycles. The van der Waals surface area contributed by atoms with Gasteiger partial charge in [-0.2, -0.15) is 0 Å². The van der Waals surface area contributed by atoms with Crippen LogP contribution in [0.4, 0.5) is 0 Å². The van der Waals surface area contributed by atoms with E-state index in [0.29, 0.717) is 0 Å². The van der Waals surface area contributed by atoms with Crippen molar-refractivity contribution in [3.63, 3.8) is 0 Å². The van der Waals surface area contributed by atoms with E-state index in [0.717, 1.165) is 44.9 Å². The van der Waals surface area contributed by atoms with Gasteiger partial charge in [0.15, 0.2) is 0 Å². The molecular formula is C22H34Cl8Si4. The Hall–Kier alpha value is 2.41. The van der Waals surface area contributed by atoms with Gasteiger partial charge in [0.25, 0.3) is 29.7 Å². The minimum Gasteiger partial charge on any atom is -0.146 e. The summed E-state index contributed by atoms with van der Waals surface area (Å²) >= 11 is 51.3. The van der Waals surface area contributed by atoms with Crippen LogP contribution in [0.1, 0.15) is 75.3 Å². The highest BCUT2D eigenvalue weighted by molar-refractivity contribution is 7.35. The molecule has 0 bridgehead atoms. The van der Waals surface area contributed by atoms with Crippen molar-refractivity contribution >= 4 is 118 Å². The van der Waals surface area contributed by atoms with Crippen molar-refractivity contribution < 1.29 is 0 Å². The molecule has 0 amide bonds. The van der Waals surface area contributed by atoms with Gasteiger partial charge in [0.05, 0.1) is 0 Å². The lowest BCUT2D eigenvalue weighted by atomic mass is 9.82. The van der Waals surface area contributed by atoms with Crippen LogP contribution in [-0.2, 0) is 32.1 Å². The van der Waals surface area contributed by atoms with Crippen molar-refractivity contribution in [3.8, 4) is 0 Å². The number of benzene rings is 1. The molecule has 0 heterocycles. The van der Waals surface area contributed by atoms with E-state index in [1.807, 2.05) is 0 Å². The monoisotopic (exact) mass is 690 g/mol. The van der Waals surface area contributed by atoms with Crippen molar-refractivity contribution in [1.29, 1.82) is 0 Å².